The maximum absolute atomic E-state index is 4.95. The van der Waals surface area contributed by atoms with Crippen LogP contribution in [0.15, 0.2) is 35.0 Å². The molecule has 2 heterocycles. The highest BCUT2D eigenvalue weighted by Gasteiger charge is 2.52. The van der Waals surface area contributed by atoms with Gasteiger partial charge in [0.2, 0.25) is 0 Å². The van der Waals surface area contributed by atoms with Crippen LogP contribution in [0.25, 0.3) is 5.57 Å². The lowest BCUT2D eigenvalue weighted by atomic mass is 9.72. The van der Waals surface area contributed by atoms with Crippen LogP contribution in [0.1, 0.15) is 45.7 Å². The molecule has 0 radical (unpaired) electrons. The molecule has 0 amide bonds. The zero-order chi connectivity index (χ0) is 15.0. The number of benzene rings is 1. The van der Waals surface area contributed by atoms with Gasteiger partial charge in [0.15, 0.2) is 0 Å². The van der Waals surface area contributed by atoms with Gasteiger partial charge in [-0.25, -0.2) is 0 Å². The van der Waals surface area contributed by atoms with E-state index in [-0.39, 0.29) is 10.8 Å². The number of hydrogen-bond donors (Lipinski definition) is 1. The van der Waals surface area contributed by atoms with Crippen molar-refractivity contribution in [2.24, 2.45) is 16.3 Å². The van der Waals surface area contributed by atoms with Crippen LogP contribution in [0.4, 0.5) is 0 Å². The van der Waals surface area contributed by atoms with E-state index in [9.17, 15) is 0 Å². The molecular formula is C19H24N2. The van der Waals surface area contributed by atoms with E-state index in [1.807, 2.05) is 0 Å². The van der Waals surface area contributed by atoms with Crippen LogP contribution < -0.4 is 5.32 Å². The quantitative estimate of drug-likeness (QED) is 0.768. The van der Waals surface area contributed by atoms with E-state index in [1.165, 1.54) is 22.4 Å². The summed E-state index contributed by atoms with van der Waals surface area (Å²) in [4.78, 5) is 4.95. The Kier molecular flexibility index (Phi) is 2.37. The van der Waals surface area contributed by atoms with Gasteiger partial charge < -0.3 is 5.32 Å². The molecule has 4 rings (SSSR count). The smallest absolute Gasteiger partial charge is 0.0803 e. The molecular weight excluding hydrogens is 256 g/mol. The third-order valence-corrected chi connectivity index (χ3v) is 6.34. The van der Waals surface area contributed by atoms with E-state index in [0.717, 1.165) is 0 Å². The summed E-state index contributed by atoms with van der Waals surface area (Å²) in [6.07, 6.45) is 2.21. The predicted molar refractivity (Wildman–Crippen MR) is 88.5 cm³/mol. The summed E-state index contributed by atoms with van der Waals surface area (Å²) in [5.41, 5.74) is 5.86. The van der Waals surface area contributed by atoms with Crippen LogP contribution in [-0.4, -0.2) is 18.3 Å². The van der Waals surface area contributed by atoms with Gasteiger partial charge in [-0.2, -0.15) is 0 Å². The highest BCUT2D eigenvalue weighted by atomic mass is 15.0. The summed E-state index contributed by atoms with van der Waals surface area (Å²) in [6, 6.07) is 9.56. The van der Waals surface area contributed by atoms with Crippen LogP contribution in [0.5, 0.6) is 0 Å². The Balaban J connectivity index is 1.99. The average Bonchev–Trinajstić information content (AvgIpc) is 2.83. The Morgan fingerprint density at radius 2 is 1.81 bits per heavy atom. The molecule has 4 atom stereocenters. The molecule has 110 valence electrons. The minimum absolute atomic E-state index is 0.0519. The average molecular weight is 280 g/mol. The number of nitrogens with one attached hydrogen (secondary N) is 1. The molecule has 0 aromatic heterocycles. The Morgan fingerprint density at radius 1 is 1.10 bits per heavy atom. The molecule has 1 aromatic carbocycles. The maximum atomic E-state index is 4.95. The zero-order valence-electron chi connectivity index (χ0n) is 13.6. The first kappa shape index (κ1) is 13.1. The van der Waals surface area contributed by atoms with Crippen LogP contribution in [-0.2, 0) is 5.41 Å². The molecule has 21 heavy (non-hydrogen) atoms. The molecule has 2 heteroatoms. The molecule has 0 fully saturated rings. The summed E-state index contributed by atoms with van der Waals surface area (Å²) >= 11 is 0. The standard InChI is InChI=1S/C19H24N2/c1-11-16-15-13-8-6-7-9-14(13)18(3,4)17(15)21-12(2)19(11,5)10-20-16/h6-12,16,21H,1-5H3/t11-,12?,16+,19-/m1/s1. The van der Waals surface area contributed by atoms with E-state index in [4.69, 9.17) is 4.99 Å². The van der Waals surface area contributed by atoms with Crippen molar-refractivity contribution in [2.75, 3.05) is 0 Å². The van der Waals surface area contributed by atoms with Crippen molar-refractivity contribution in [3.05, 3.63) is 41.1 Å². The number of fused-ring (bicyclic) bond motifs is 5. The summed E-state index contributed by atoms with van der Waals surface area (Å²) in [7, 11) is 0. The molecule has 2 bridgehead atoms. The Morgan fingerprint density at radius 3 is 2.57 bits per heavy atom. The first-order valence-corrected chi connectivity index (χ1v) is 8.03. The fourth-order valence-corrected chi connectivity index (χ4v) is 4.46. The highest BCUT2D eigenvalue weighted by molar-refractivity contribution is 5.87. The van der Waals surface area contributed by atoms with E-state index in [1.54, 1.807) is 0 Å². The van der Waals surface area contributed by atoms with Gasteiger partial charge >= 0.3 is 0 Å². The topological polar surface area (TPSA) is 24.4 Å². The second kappa shape index (κ2) is 3.79. The predicted octanol–water partition coefficient (Wildman–Crippen LogP) is 3.78. The van der Waals surface area contributed by atoms with Crippen molar-refractivity contribution >= 4 is 11.8 Å². The maximum Gasteiger partial charge on any atom is 0.0803 e. The molecule has 0 saturated carbocycles. The number of hydrogen-bond acceptors (Lipinski definition) is 2. The number of nitrogens with zero attached hydrogens (tertiary/aromatic N) is 1. The van der Waals surface area contributed by atoms with Gasteiger partial charge in [-0.3, -0.25) is 4.99 Å². The minimum Gasteiger partial charge on any atom is -0.384 e. The third kappa shape index (κ3) is 1.41. The highest BCUT2D eigenvalue weighted by Crippen LogP contribution is 2.54. The summed E-state index contributed by atoms with van der Waals surface area (Å²) in [6.45, 7) is 11.7. The monoisotopic (exact) mass is 280 g/mol. The van der Waals surface area contributed by atoms with E-state index in [2.05, 4.69) is 70.4 Å². The Hall–Kier alpha value is -1.57. The van der Waals surface area contributed by atoms with Crippen molar-refractivity contribution in [1.29, 1.82) is 0 Å². The Labute approximate surface area is 127 Å². The molecule has 0 saturated heterocycles. The second-order valence-electron chi connectivity index (χ2n) is 7.70. The lowest BCUT2D eigenvalue weighted by Crippen LogP contribution is -2.46. The van der Waals surface area contributed by atoms with Gasteiger partial charge in [-0.15, -0.1) is 0 Å². The lowest BCUT2D eigenvalue weighted by molar-refractivity contribution is 0.256. The van der Waals surface area contributed by atoms with Crippen LogP contribution in [0.2, 0.25) is 0 Å². The molecule has 2 aliphatic heterocycles. The van der Waals surface area contributed by atoms with Crippen molar-refractivity contribution in [2.45, 2.75) is 52.1 Å². The Bertz CT molecular complexity index is 683. The normalized spacial score (nSPS) is 38.8. The number of aliphatic imine (C=N–C) groups is 1. The number of allylic oxidation sites excluding steroid dienone is 1. The van der Waals surface area contributed by atoms with Crippen LogP contribution in [0.3, 0.4) is 0 Å². The van der Waals surface area contributed by atoms with Gasteiger partial charge in [0.05, 0.1) is 6.04 Å². The first-order chi connectivity index (χ1) is 9.87. The molecule has 1 N–H and O–H groups in total. The summed E-state index contributed by atoms with van der Waals surface area (Å²) < 4.78 is 0. The molecule has 2 nitrogen and oxygen atoms in total. The van der Waals surface area contributed by atoms with Crippen molar-refractivity contribution < 1.29 is 0 Å². The van der Waals surface area contributed by atoms with Crippen molar-refractivity contribution in [3.63, 3.8) is 0 Å². The van der Waals surface area contributed by atoms with Gasteiger partial charge in [0.1, 0.15) is 0 Å². The van der Waals surface area contributed by atoms with Gasteiger partial charge in [-0.1, -0.05) is 52.0 Å². The van der Waals surface area contributed by atoms with Gasteiger partial charge in [0.25, 0.3) is 0 Å². The van der Waals surface area contributed by atoms with E-state index >= 15 is 0 Å². The van der Waals surface area contributed by atoms with Gasteiger partial charge in [0, 0.05) is 34.4 Å². The lowest BCUT2D eigenvalue weighted by Gasteiger charge is -2.36. The number of rotatable bonds is 0. The fraction of sp³-hybridized carbons (Fsp3) is 0.526. The van der Waals surface area contributed by atoms with Gasteiger partial charge in [-0.05, 0) is 24.0 Å². The molecule has 1 unspecified atom stereocenters. The molecule has 1 aliphatic carbocycles. The van der Waals surface area contributed by atoms with Crippen molar-refractivity contribution in [1.82, 2.24) is 5.32 Å². The summed E-state index contributed by atoms with van der Waals surface area (Å²) in [5, 5.41) is 3.87. The van der Waals surface area contributed by atoms with Crippen molar-refractivity contribution in [3.8, 4) is 0 Å². The minimum atomic E-state index is 0.0519. The van der Waals surface area contributed by atoms with E-state index < -0.39 is 0 Å². The first-order valence-electron chi connectivity index (χ1n) is 8.03. The van der Waals surface area contributed by atoms with Crippen LogP contribution >= 0.6 is 0 Å². The molecule has 0 spiro atoms. The largest absolute Gasteiger partial charge is 0.384 e. The fourth-order valence-electron chi connectivity index (χ4n) is 4.46. The molecule has 3 aliphatic rings. The second-order valence-corrected chi connectivity index (χ2v) is 7.70. The third-order valence-electron chi connectivity index (χ3n) is 6.34. The summed E-state index contributed by atoms with van der Waals surface area (Å²) in [5.74, 6) is 0.537. The molecule has 1 aromatic rings. The SMILES string of the molecule is CC1NC2=C(c3ccccc3C2(C)C)[C@H]2N=C[C@]1(C)[C@@H]2C. The zero-order valence-corrected chi connectivity index (χ0v) is 13.6. The van der Waals surface area contributed by atoms with E-state index in [0.29, 0.717) is 18.0 Å². The van der Waals surface area contributed by atoms with Crippen LogP contribution in [0, 0.1) is 11.3 Å².